The van der Waals surface area contributed by atoms with E-state index in [4.69, 9.17) is 4.74 Å². The Bertz CT molecular complexity index is 706. The van der Waals surface area contributed by atoms with Crippen LogP contribution in [0.25, 0.3) is 0 Å². The third-order valence-corrected chi connectivity index (χ3v) is 6.79. The van der Waals surface area contributed by atoms with Crippen LogP contribution in [0.4, 0.5) is 5.69 Å². The number of nitrogens with zero attached hydrogens (tertiary/aromatic N) is 2. The van der Waals surface area contributed by atoms with Crippen LogP contribution in [-0.2, 0) is 9.59 Å². The van der Waals surface area contributed by atoms with Gasteiger partial charge in [0.1, 0.15) is 5.75 Å². The smallest absolute Gasteiger partial charge is 0.226 e. The number of benzene rings is 1. The van der Waals surface area contributed by atoms with Crippen molar-refractivity contribution in [3.63, 3.8) is 0 Å². The van der Waals surface area contributed by atoms with Gasteiger partial charge in [0.2, 0.25) is 5.91 Å². The summed E-state index contributed by atoms with van der Waals surface area (Å²) in [6.45, 7) is 2.68. The van der Waals surface area contributed by atoms with Crippen molar-refractivity contribution in [2.75, 3.05) is 38.2 Å². The van der Waals surface area contributed by atoms with Crippen molar-refractivity contribution in [3.05, 3.63) is 24.3 Å². The van der Waals surface area contributed by atoms with Crippen molar-refractivity contribution in [2.45, 2.75) is 25.7 Å². The monoisotopic (exact) mass is 371 g/mol. The Morgan fingerprint density at radius 3 is 2.15 bits per heavy atom. The molecule has 1 aromatic rings. The minimum Gasteiger partial charge on any atom is -0.550 e. The van der Waals surface area contributed by atoms with Gasteiger partial charge in [-0.2, -0.15) is 0 Å². The molecule has 1 aliphatic heterocycles. The number of amides is 1. The van der Waals surface area contributed by atoms with Crippen LogP contribution in [0.2, 0.25) is 0 Å². The average Bonchev–Trinajstić information content (AvgIpc) is 2.73. The van der Waals surface area contributed by atoms with Crippen molar-refractivity contribution in [3.8, 4) is 5.75 Å². The minimum atomic E-state index is -1.03. The average molecular weight is 371 g/mol. The molecular formula is C21H27N2O4-. The lowest BCUT2D eigenvalue weighted by molar-refractivity contribution is -0.318. The molecule has 0 N–H and O–H groups in total. The highest BCUT2D eigenvalue weighted by Gasteiger charge is 2.48. The fraction of sp³-hybridized carbons (Fsp3) is 0.619. The third-order valence-electron chi connectivity index (χ3n) is 6.79. The summed E-state index contributed by atoms with van der Waals surface area (Å²) >= 11 is 0. The number of carbonyl (C=O) groups excluding carboxylic acids is 2. The predicted octanol–water partition coefficient (Wildman–Crippen LogP) is 1.15. The molecule has 27 heavy (non-hydrogen) atoms. The molecule has 2 bridgehead atoms. The maximum absolute atomic E-state index is 13.2. The number of piperazine rings is 1. The number of aliphatic carboxylic acids is 1. The van der Waals surface area contributed by atoms with Crippen LogP contribution in [0.5, 0.6) is 5.75 Å². The zero-order valence-corrected chi connectivity index (χ0v) is 15.8. The first-order chi connectivity index (χ1) is 13.1. The number of ether oxygens (including phenoxy) is 1. The number of methoxy groups -OCH3 is 1. The number of hydrogen-bond acceptors (Lipinski definition) is 5. The second-order valence-electron chi connectivity index (χ2n) is 8.03. The van der Waals surface area contributed by atoms with Gasteiger partial charge in [0.15, 0.2) is 0 Å². The van der Waals surface area contributed by atoms with Crippen LogP contribution in [0, 0.1) is 23.7 Å². The number of fused-ring (bicyclic) bond motifs is 3. The lowest BCUT2D eigenvalue weighted by atomic mass is 9.58. The summed E-state index contributed by atoms with van der Waals surface area (Å²) in [5.74, 6) is -0.841. The van der Waals surface area contributed by atoms with E-state index in [1.54, 1.807) is 7.11 Å². The van der Waals surface area contributed by atoms with Crippen LogP contribution in [0.3, 0.4) is 0 Å². The second-order valence-corrected chi connectivity index (χ2v) is 8.03. The highest BCUT2D eigenvalue weighted by Crippen LogP contribution is 2.49. The lowest BCUT2D eigenvalue weighted by Crippen LogP contribution is -2.57. The highest BCUT2D eigenvalue weighted by atomic mass is 16.5. The first-order valence-corrected chi connectivity index (χ1v) is 9.97. The van der Waals surface area contributed by atoms with Gasteiger partial charge in [0, 0.05) is 44.0 Å². The third kappa shape index (κ3) is 3.26. The maximum atomic E-state index is 13.2. The first kappa shape index (κ1) is 18.1. The van der Waals surface area contributed by atoms with Crippen LogP contribution in [0.1, 0.15) is 25.7 Å². The zero-order valence-electron chi connectivity index (χ0n) is 15.8. The van der Waals surface area contributed by atoms with Crippen molar-refractivity contribution in [1.29, 1.82) is 0 Å². The molecule has 2 atom stereocenters. The Labute approximate surface area is 160 Å². The van der Waals surface area contributed by atoms with Crippen LogP contribution in [0.15, 0.2) is 24.3 Å². The predicted molar refractivity (Wildman–Crippen MR) is 99.2 cm³/mol. The summed E-state index contributed by atoms with van der Waals surface area (Å²) in [4.78, 5) is 29.1. The van der Waals surface area contributed by atoms with Crippen molar-refractivity contribution >= 4 is 17.6 Å². The van der Waals surface area contributed by atoms with E-state index in [0.717, 1.165) is 50.2 Å². The molecule has 3 saturated carbocycles. The number of anilines is 1. The Balaban J connectivity index is 1.45. The van der Waals surface area contributed by atoms with Gasteiger partial charge in [0.25, 0.3) is 0 Å². The van der Waals surface area contributed by atoms with Crippen LogP contribution >= 0.6 is 0 Å². The molecule has 3 aliphatic carbocycles. The summed E-state index contributed by atoms with van der Waals surface area (Å²) in [7, 11) is 1.66. The number of hydrogen-bond donors (Lipinski definition) is 0. The van der Waals surface area contributed by atoms with E-state index in [1.165, 1.54) is 0 Å². The Kier molecular flexibility index (Phi) is 4.98. The standard InChI is InChI=1S/C21H28N2O4/c1-27-17-5-3-2-4-16(17)22-10-12-23(13-11-22)20(24)18-14-6-8-15(9-7-14)19(18)21(25)26/h2-5,14-15,18-19H,6-13H2,1H3,(H,25,26)/p-1/t14?,15?,18-,19+/m1/s1. The van der Waals surface area contributed by atoms with Gasteiger partial charge < -0.3 is 24.4 Å². The largest absolute Gasteiger partial charge is 0.550 e. The molecule has 6 nitrogen and oxygen atoms in total. The van der Waals surface area contributed by atoms with Crippen molar-refractivity contribution in [1.82, 2.24) is 4.90 Å². The van der Waals surface area contributed by atoms with E-state index in [-0.39, 0.29) is 23.7 Å². The highest BCUT2D eigenvalue weighted by molar-refractivity contribution is 5.85. The number of carbonyl (C=O) groups is 2. The topological polar surface area (TPSA) is 72.9 Å². The summed E-state index contributed by atoms with van der Waals surface area (Å²) in [5, 5.41) is 11.7. The summed E-state index contributed by atoms with van der Waals surface area (Å²) in [5.41, 5.74) is 1.04. The minimum absolute atomic E-state index is 0.0262. The summed E-state index contributed by atoms with van der Waals surface area (Å²) in [6, 6.07) is 7.90. The Morgan fingerprint density at radius 1 is 0.963 bits per heavy atom. The number of rotatable bonds is 4. The zero-order chi connectivity index (χ0) is 19.0. The molecule has 0 unspecified atom stereocenters. The first-order valence-electron chi connectivity index (χ1n) is 9.97. The van der Waals surface area contributed by atoms with Gasteiger partial charge >= 0.3 is 0 Å². The summed E-state index contributed by atoms with van der Waals surface area (Å²) < 4.78 is 5.45. The number of carboxylic acids is 1. The number of para-hydroxylation sites is 2. The lowest BCUT2D eigenvalue weighted by Gasteiger charge is -2.50. The van der Waals surface area contributed by atoms with Crippen LogP contribution in [-0.4, -0.2) is 50.1 Å². The number of carboxylic acid groups (broad SMARTS) is 1. The molecule has 1 heterocycles. The molecule has 4 fully saturated rings. The quantitative estimate of drug-likeness (QED) is 0.794. The van der Waals surface area contributed by atoms with Gasteiger partial charge in [-0.05, 0) is 49.7 Å². The molecule has 6 heteroatoms. The molecule has 1 saturated heterocycles. The molecule has 0 spiro atoms. The van der Waals surface area contributed by atoms with E-state index in [9.17, 15) is 14.7 Å². The van der Waals surface area contributed by atoms with E-state index >= 15 is 0 Å². The molecule has 146 valence electrons. The molecule has 4 aliphatic rings. The van der Waals surface area contributed by atoms with Gasteiger partial charge in [-0.1, -0.05) is 12.1 Å². The molecule has 0 aromatic heterocycles. The molecular weight excluding hydrogens is 344 g/mol. The van der Waals surface area contributed by atoms with E-state index in [0.29, 0.717) is 13.1 Å². The van der Waals surface area contributed by atoms with Gasteiger partial charge in [-0.25, -0.2) is 0 Å². The van der Waals surface area contributed by atoms with Crippen molar-refractivity contribution < 1.29 is 19.4 Å². The molecule has 0 radical (unpaired) electrons. The van der Waals surface area contributed by atoms with E-state index in [1.807, 2.05) is 29.2 Å². The van der Waals surface area contributed by atoms with Gasteiger partial charge in [-0.15, -0.1) is 0 Å². The fourth-order valence-electron chi connectivity index (χ4n) is 5.41. The Hall–Kier alpha value is -2.24. The molecule has 5 rings (SSSR count). The van der Waals surface area contributed by atoms with Gasteiger partial charge in [0.05, 0.1) is 12.8 Å². The Morgan fingerprint density at radius 2 is 1.56 bits per heavy atom. The molecule has 1 amide bonds. The maximum Gasteiger partial charge on any atom is 0.226 e. The summed E-state index contributed by atoms with van der Waals surface area (Å²) in [6.07, 6.45) is 3.81. The van der Waals surface area contributed by atoms with Crippen molar-refractivity contribution in [2.24, 2.45) is 23.7 Å². The fourth-order valence-corrected chi connectivity index (χ4v) is 5.41. The molecule has 1 aromatic carbocycles. The van der Waals surface area contributed by atoms with Crippen LogP contribution < -0.4 is 14.7 Å². The van der Waals surface area contributed by atoms with Gasteiger partial charge in [-0.3, -0.25) is 4.79 Å². The second kappa shape index (κ2) is 7.41. The normalized spacial score (nSPS) is 30.3. The van der Waals surface area contributed by atoms with E-state index in [2.05, 4.69) is 4.90 Å². The SMILES string of the molecule is COc1ccccc1N1CCN(C(=O)[C@@H]2C3CCC(CC3)[C@@H]2C(=O)[O-])CC1. The van der Waals surface area contributed by atoms with E-state index < -0.39 is 11.9 Å².